The highest BCUT2D eigenvalue weighted by Gasteiger charge is 2.02. The number of aliphatic hydroxyl groups is 1. The van der Waals surface area contributed by atoms with Crippen LogP contribution in [0.1, 0.15) is 32.6 Å². The molecular weight excluding hydrogens is 198 g/mol. The normalized spacial score (nSPS) is 15.4. The van der Waals surface area contributed by atoms with Crippen LogP contribution < -0.4 is 5.32 Å². The Balaban J connectivity index is 3.14. The van der Waals surface area contributed by atoms with Crippen molar-refractivity contribution in [3.05, 3.63) is 0 Å². The summed E-state index contributed by atoms with van der Waals surface area (Å²) in [6.45, 7) is 3.36. The molecule has 0 aliphatic rings. The smallest absolute Gasteiger partial charge is 0.0431 e. The molecule has 0 saturated heterocycles. The highest BCUT2D eigenvalue weighted by Crippen LogP contribution is 1.98. The molecule has 2 unspecified atom stereocenters. The van der Waals surface area contributed by atoms with Crippen molar-refractivity contribution in [2.24, 2.45) is 0 Å². The minimum absolute atomic E-state index is 0.304. The van der Waals surface area contributed by atoms with Gasteiger partial charge < -0.3 is 10.4 Å². The molecular formula is C10H23NO2S. The van der Waals surface area contributed by atoms with E-state index in [1.807, 2.05) is 0 Å². The summed E-state index contributed by atoms with van der Waals surface area (Å²) in [5, 5.41) is 11.9. The van der Waals surface area contributed by atoms with Crippen molar-refractivity contribution in [3.8, 4) is 0 Å². The molecule has 2 N–H and O–H groups in total. The Labute approximate surface area is 89.7 Å². The van der Waals surface area contributed by atoms with Crippen LogP contribution in [0, 0.1) is 0 Å². The lowest BCUT2D eigenvalue weighted by Crippen LogP contribution is -2.31. The summed E-state index contributed by atoms with van der Waals surface area (Å²) in [4.78, 5) is 0. The topological polar surface area (TPSA) is 49.3 Å². The van der Waals surface area contributed by atoms with E-state index in [0.717, 1.165) is 38.0 Å². The average molecular weight is 221 g/mol. The first-order valence-electron chi connectivity index (χ1n) is 5.31. The van der Waals surface area contributed by atoms with Crippen molar-refractivity contribution in [1.29, 1.82) is 0 Å². The molecule has 0 fully saturated rings. The molecule has 0 aromatic rings. The molecule has 0 aliphatic heterocycles. The Morgan fingerprint density at radius 1 is 1.29 bits per heavy atom. The van der Waals surface area contributed by atoms with Crippen LogP contribution in [0.4, 0.5) is 0 Å². The SMILES string of the molecule is CC(CS(C)=O)NCCCCCCO. The fourth-order valence-corrected chi connectivity index (χ4v) is 2.17. The molecule has 0 bridgehead atoms. The second-order valence-electron chi connectivity index (χ2n) is 3.73. The third kappa shape index (κ3) is 10.2. The molecule has 0 saturated carbocycles. The summed E-state index contributed by atoms with van der Waals surface area (Å²) in [5.74, 6) is 0.733. The van der Waals surface area contributed by atoms with Gasteiger partial charge in [-0.3, -0.25) is 4.21 Å². The summed E-state index contributed by atoms with van der Waals surface area (Å²) in [6.07, 6.45) is 6.05. The van der Waals surface area contributed by atoms with Crippen LogP contribution in [-0.2, 0) is 10.8 Å². The van der Waals surface area contributed by atoms with Gasteiger partial charge in [-0.2, -0.15) is 0 Å². The minimum Gasteiger partial charge on any atom is -0.396 e. The molecule has 0 rings (SSSR count). The van der Waals surface area contributed by atoms with Crippen LogP contribution in [0.3, 0.4) is 0 Å². The van der Waals surface area contributed by atoms with Gasteiger partial charge in [-0.1, -0.05) is 12.8 Å². The van der Waals surface area contributed by atoms with Gasteiger partial charge in [0.05, 0.1) is 0 Å². The van der Waals surface area contributed by atoms with E-state index < -0.39 is 10.8 Å². The molecule has 4 heteroatoms. The molecule has 0 aromatic carbocycles. The second-order valence-corrected chi connectivity index (χ2v) is 5.21. The van der Waals surface area contributed by atoms with E-state index >= 15 is 0 Å². The number of hydrogen-bond donors (Lipinski definition) is 2. The van der Waals surface area contributed by atoms with Crippen LogP contribution in [-0.4, -0.2) is 40.5 Å². The largest absolute Gasteiger partial charge is 0.396 e. The first kappa shape index (κ1) is 14.1. The van der Waals surface area contributed by atoms with Crippen LogP contribution in [0.5, 0.6) is 0 Å². The van der Waals surface area contributed by atoms with Crippen molar-refractivity contribution in [1.82, 2.24) is 5.32 Å². The summed E-state index contributed by atoms with van der Waals surface area (Å²) in [5.41, 5.74) is 0. The van der Waals surface area contributed by atoms with Gasteiger partial charge >= 0.3 is 0 Å². The van der Waals surface area contributed by atoms with E-state index in [-0.39, 0.29) is 0 Å². The maximum Gasteiger partial charge on any atom is 0.0431 e. The Kier molecular flexibility index (Phi) is 9.67. The fraction of sp³-hybridized carbons (Fsp3) is 1.00. The highest BCUT2D eigenvalue weighted by molar-refractivity contribution is 7.84. The average Bonchev–Trinajstić information content (AvgIpc) is 2.10. The number of aliphatic hydroxyl groups excluding tert-OH is 1. The van der Waals surface area contributed by atoms with E-state index in [1.165, 1.54) is 0 Å². The Morgan fingerprint density at radius 3 is 2.50 bits per heavy atom. The molecule has 3 nitrogen and oxygen atoms in total. The third-order valence-electron chi connectivity index (χ3n) is 2.06. The predicted octanol–water partition coefficient (Wildman–Crippen LogP) is 0.896. The van der Waals surface area contributed by atoms with Crippen molar-refractivity contribution < 1.29 is 9.32 Å². The van der Waals surface area contributed by atoms with Crippen molar-refractivity contribution in [2.75, 3.05) is 25.2 Å². The maximum atomic E-state index is 10.9. The van der Waals surface area contributed by atoms with Gasteiger partial charge in [0.15, 0.2) is 0 Å². The van der Waals surface area contributed by atoms with Crippen LogP contribution in [0.2, 0.25) is 0 Å². The number of nitrogens with one attached hydrogen (secondary N) is 1. The molecule has 0 heterocycles. The third-order valence-corrected chi connectivity index (χ3v) is 3.03. The lowest BCUT2D eigenvalue weighted by Gasteiger charge is -2.11. The van der Waals surface area contributed by atoms with E-state index in [1.54, 1.807) is 6.26 Å². The first-order chi connectivity index (χ1) is 6.66. The summed E-state index contributed by atoms with van der Waals surface area (Å²) < 4.78 is 10.9. The van der Waals surface area contributed by atoms with Crippen molar-refractivity contribution in [2.45, 2.75) is 38.6 Å². The molecule has 0 aliphatic carbocycles. The van der Waals surface area contributed by atoms with Gasteiger partial charge in [0.25, 0.3) is 0 Å². The quantitative estimate of drug-likeness (QED) is 0.569. The number of rotatable bonds is 9. The maximum absolute atomic E-state index is 10.9. The molecule has 0 aromatic heterocycles. The van der Waals surface area contributed by atoms with Crippen molar-refractivity contribution >= 4 is 10.8 Å². The van der Waals surface area contributed by atoms with Gasteiger partial charge in [-0.25, -0.2) is 0 Å². The van der Waals surface area contributed by atoms with Crippen LogP contribution >= 0.6 is 0 Å². The molecule has 0 radical (unpaired) electrons. The minimum atomic E-state index is -0.701. The zero-order valence-corrected chi connectivity index (χ0v) is 10.1. The van der Waals surface area contributed by atoms with E-state index in [2.05, 4.69) is 12.2 Å². The van der Waals surface area contributed by atoms with Gasteiger partial charge in [-0.05, 0) is 26.3 Å². The predicted molar refractivity (Wildman–Crippen MR) is 62.0 cm³/mol. The summed E-state index contributed by atoms with van der Waals surface area (Å²) in [6, 6.07) is 0.346. The Bertz CT molecular complexity index is 153. The van der Waals surface area contributed by atoms with E-state index in [0.29, 0.717) is 12.6 Å². The molecule has 14 heavy (non-hydrogen) atoms. The van der Waals surface area contributed by atoms with Crippen LogP contribution in [0.25, 0.3) is 0 Å². The second kappa shape index (κ2) is 9.62. The van der Waals surface area contributed by atoms with Gasteiger partial charge in [0.1, 0.15) is 0 Å². The van der Waals surface area contributed by atoms with E-state index in [4.69, 9.17) is 5.11 Å². The Hall–Kier alpha value is 0.0700. The summed E-state index contributed by atoms with van der Waals surface area (Å²) >= 11 is 0. The molecule has 0 spiro atoms. The van der Waals surface area contributed by atoms with E-state index in [9.17, 15) is 4.21 Å². The van der Waals surface area contributed by atoms with Gasteiger partial charge in [-0.15, -0.1) is 0 Å². The standard InChI is InChI=1S/C10H23NO2S/c1-10(9-14(2)13)11-7-5-3-4-6-8-12/h10-12H,3-9H2,1-2H3. The lowest BCUT2D eigenvalue weighted by molar-refractivity contribution is 0.282. The zero-order chi connectivity index (χ0) is 10.8. The monoisotopic (exact) mass is 221 g/mol. The fourth-order valence-electron chi connectivity index (χ4n) is 1.35. The highest BCUT2D eigenvalue weighted by atomic mass is 32.2. The first-order valence-corrected chi connectivity index (χ1v) is 7.03. The molecule has 2 atom stereocenters. The summed E-state index contributed by atoms with van der Waals surface area (Å²) in [7, 11) is -0.701. The van der Waals surface area contributed by atoms with Gasteiger partial charge in [0, 0.05) is 35.5 Å². The van der Waals surface area contributed by atoms with Crippen LogP contribution in [0.15, 0.2) is 0 Å². The van der Waals surface area contributed by atoms with Gasteiger partial charge in [0.2, 0.25) is 0 Å². The van der Waals surface area contributed by atoms with Crippen molar-refractivity contribution in [3.63, 3.8) is 0 Å². The Morgan fingerprint density at radius 2 is 1.93 bits per heavy atom. The molecule has 0 amide bonds. The molecule has 86 valence electrons. The number of unbranched alkanes of at least 4 members (excludes halogenated alkanes) is 3. The lowest BCUT2D eigenvalue weighted by atomic mass is 10.2. The number of hydrogen-bond acceptors (Lipinski definition) is 3. The zero-order valence-electron chi connectivity index (χ0n) is 9.29.